The van der Waals surface area contributed by atoms with Crippen LogP contribution >= 0.6 is 0 Å². The van der Waals surface area contributed by atoms with Crippen LogP contribution in [0.5, 0.6) is 0 Å². The third-order valence-corrected chi connectivity index (χ3v) is 6.14. The number of carbonyl (C=O) groups is 2. The van der Waals surface area contributed by atoms with Gasteiger partial charge in [0.1, 0.15) is 0 Å². The predicted molar refractivity (Wildman–Crippen MR) is 116 cm³/mol. The number of hydrogen-bond acceptors (Lipinski definition) is 6. The Bertz CT molecular complexity index is 1420. The van der Waals surface area contributed by atoms with Crippen molar-refractivity contribution < 1.29 is 26.4 Å². The second-order valence-corrected chi connectivity index (χ2v) is 10.7. The lowest BCUT2D eigenvalue weighted by Crippen LogP contribution is -2.14. The lowest BCUT2D eigenvalue weighted by atomic mass is 10.0. The van der Waals surface area contributed by atoms with E-state index in [4.69, 9.17) is 0 Å². The van der Waals surface area contributed by atoms with Gasteiger partial charge in [0.15, 0.2) is 11.6 Å². The minimum absolute atomic E-state index is 0.127. The molecule has 0 bridgehead atoms. The van der Waals surface area contributed by atoms with Gasteiger partial charge < -0.3 is 0 Å². The highest BCUT2D eigenvalue weighted by molar-refractivity contribution is 7.92. The van der Waals surface area contributed by atoms with Gasteiger partial charge in [-0.15, -0.1) is 0 Å². The van der Waals surface area contributed by atoms with Gasteiger partial charge in [0.2, 0.25) is 20.0 Å². The van der Waals surface area contributed by atoms with E-state index in [0.29, 0.717) is 22.0 Å². The number of benzene rings is 2. The smallest absolute Gasteiger partial charge is 0.236 e. The Hall–Kier alpha value is -2.98. The van der Waals surface area contributed by atoms with Crippen LogP contribution in [0.2, 0.25) is 0 Å². The van der Waals surface area contributed by atoms with Crippen LogP contribution in [0.25, 0.3) is 22.2 Å². The molecular formula is C20H20N2O6S2. The van der Waals surface area contributed by atoms with Crippen molar-refractivity contribution in [3.63, 3.8) is 0 Å². The first-order valence-electron chi connectivity index (χ1n) is 8.78. The maximum Gasteiger partial charge on any atom is 0.236 e. The Labute approximate surface area is 174 Å². The van der Waals surface area contributed by atoms with E-state index in [2.05, 4.69) is 4.72 Å². The first kappa shape index (κ1) is 21.7. The Morgan fingerprint density at radius 1 is 0.833 bits per heavy atom. The molecule has 0 aliphatic carbocycles. The molecule has 30 heavy (non-hydrogen) atoms. The highest BCUT2D eigenvalue weighted by Gasteiger charge is 2.22. The van der Waals surface area contributed by atoms with Gasteiger partial charge in [-0.2, -0.15) is 0 Å². The molecule has 1 heterocycles. The number of carbonyl (C=O) groups excluding carboxylic acids is 2. The molecule has 0 saturated carbocycles. The van der Waals surface area contributed by atoms with Crippen LogP contribution in [0.1, 0.15) is 34.6 Å². The lowest BCUT2D eigenvalue weighted by Gasteiger charge is -2.14. The third-order valence-electron chi connectivity index (χ3n) is 4.49. The minimum atomic E-state index is -3.82. The third kappa shape index (κ3) is 4.29. The van der Waals surface area contributed by atoms with Crippen molar-refractivity contribution in [1.82, 2.24) is 3.97 Å². The summed E-state index contributed by atoms with van der Waals surface area (Å²) in [4.78, 5) is 23.6. The molecule has 1 aromatic heterocycles. The van der Waals surface area contributed by atoms with E-state index in [1.807, 2.05) is 0 Å². The highest BCUT2D eigenvalue weighted by atomic mass is 32.2. The fraction of sp³-hybridized carbons (Fsp3) is 0.200. The van der Waals surface area contributed by atoms with E-state index in [9.17, 15) is 26.4 Å². The average Bonchev–Trinajstić information content (AvgIpc) is 2.99. The van der Waals surface area contributed by atoms with Gasteiger partial charge in [-0.3, -0.25) is 14.3 Å². The van der Waals surface area contributed by atoms with E-state index in [0.717, 1.165) is 16.5 Å². The van der Waals surface area contributed by atoms with Crippen molar-refractivity contribution >= 4 is 48.2 Å². The Morgan fingerprint density at radius 3 is 1.93 bits per heavy atom. The maximum absolute atomic E-state index is 12.6. The van der Waals surface area contributed by atoms with E-state index >= 15 is 0 Å². The molecule has 0 amide bonds. The van der Waals surface area contributed by atoms with Crippen LogP contribution in [0.3, 0.4) is 0 Å². The summed E-state index contributed by atoms with van der Waals surface area (Å²) < 4.78 is 52.4. The molecule has 0 atom stereocenters. The molecule has 1 N–H and O–H groups in total. The largest absolute Gasteiger partial charge is 0.295 e. The molecule has 3 rings (SSSR count). The molecule has 0 unspecified atom stereocenters. The number of nitrogens with zero attached hydrogens (tertiary/aromatic N) is 1. The average molecular weight is 449 g/mol. The number of anilines is 1. The van der Waals surface area contributed by atoms with Gasteiger partial charge in [-0.25, -0.2) is 20.8 Å². The van der Waals surface area contributed by atoms with Crippen LogP contribution in [0.15, 0.2) is 42.5 Å². The first-order chi connectivity index (χ1) is 13.8. The van der Waals surface area contributed by atoms with Crippen LogP contribution < -0.4 is 4.72 Å². The second kappa shape index (κ2) is 7.37. The molecule has 8 nitrogen and oxygen atoms in total. The summed E-state index contributed by atoms with van der Waals surface area (Å²) in [6.07, 6.45) is 1.99. The van der Waals surface area contributed by atoms with E-state index in [-0.39, 0.29) is 28.5 Å². The first-order valence-corrected chi connectivity index (χ1v) is 12.5. The van der Waals surface area contributed by atoms with E-state index in [1.54, 1.807) is 12.1 Å². The van der Waals surface area contributed by atoms with Crippen LogP contribution in [0, 0.1) is 0 Å². The van der Waals surface area contributed by atoms with Crippen molar-refractivity contribution in [3.05, 3.63) is 53.6 Å². The molecule has 0 aliphatic heterocycles. The zero-order valence-corrected chi connectivity index (χ0v) is 18.4. The molecule has 0 radical (unpaired) electrons. The molecular weight excluding hydrogens is 428 g/mol. The van der Waals surface area contributed by atoms with Crippen molar-refractivity contribution in [2.24, 2.45) is 0 Å². The lowest BCUT2D eigenvalue weighted by molar-refractivity contribution is 0.100. The second-order valence-electron chi connectivity index (χ2n) is 7.08. The normalized spacial score (nSPS) is 12.1. The van der Waals surface area contributed by atoms with Crippen LogP contribution in [0.4, 0.5) is 5.69 Å². The molecule has 0 spiro atoms. The number of aromatic nitrogens is 1. The zero-order valence-electron chi connectivity index (χ0n) is 16.8. The Morgan fingerprint density at radius 2 is 1.40 bits per heavy atom. The number of hydrogen-bond donors (Lipinski definition) is 1. The Kier molecular flexibility index (Phi) is 5.33. The molecule has 158 valence electrons. The fourth-order valence-electron chi connectivity index (χ4n) is 3.22. The summed E-state index contributed by atoms with van der Waals surface area (Å²) in [5.74, 6) is -0.438. The number of fused-ring (bicyclic) bond motifs is 1. The predicted octanol–water partition coefficient (Wildman–Crippen LogP) is 2.89. The quantitative estimate of drug-likeness (QED) is 0.579. The van der Waals surface area contributed by atoms with Gasteiger partial charge >= 0.3 is 0 Å². The summed E-state index contributed by atoms with van der Waals surface area (Å²) in [5.41, 5.74) is 1.55. The summed E-state index contributed by atoms with van der Waals surface area (Å²) >= 11 is 0. The van der Waals surface area contributed by atoms with Gasteiger partial charge in [-0.1, -0.05) is 0 Å². The number of nitrogens with one attached hydrogen (secondary N) is 1. The number of ketones is 2. The van der Waals surface area contributed by atoms with Gasteiger partial charge in [-0.05, 0) is 56.3 Å². The molecule has 10 heteroatoms. The van der Waals surface area contributed by atoms with E-state index < -0.39 is 20.0 Å². The molecule has 2 aromatic carbocycles. The fourth-order valence-corrected chi connectivity index (χ4v) is 4.83. The number of Topliss-reactive ketones (excluding diaryl/α,β-unsaturated/α-hetero) is 2. The molecule has 0 saturated heterocycles. The highest BCUT2D eigenvalue weighted by Crippen LogP contribution is 2.36. The van der Waals surface area contributed by atoms with Crippen molar-refractivity contribution in [3.8, 4) is 11.3 Å². The van der Waals surface area contributed by atoms with Crippen LogP contribution in [-0.2, 0) is 20.0 Å². The topological polar surface area (TPSA) is 119 Å². The van der Waals surface area contributed by atoms with Crippen LogP contribution in [-0.4, -0.2) is 44.9 Å². The molecule has 0 aliphatic rings. The summed E-state index contributed by atoms with van der Waals surface area (Å²) in [6, 6.07) is 10.5. The van der Waals surface area contributed by atoms with Crippen molar-refractivity contribution in [1.29, 1.82) is 0 Å². The van der Waals surface area contributed by atoms with E-state index in [1.165, 1.54) is 44.2 Å². The van der Waals surface area contributed by atoms with Crippen molar-refractivity contribution in [2.45, 2.75) is 13.8 Å². The molecule has 3 aromatic rings. The number of rotatable bonds is 6. The SMILES string of the molecule is CC(=O)c1ccc(NS(C)(=O)=O)c(-c2cc3cc(C(C)=O)ccc3n2S(C)(=O)=O)c1. The number of sulfonamides is 1. The Balaban J connectivity index is 2.44. The zero-order chi connectivity index (χ0) is 22.4. The summed E-state index contributed by atoms with van der Waals surface area (Å²) in [7, 11) is -7.50. The van der Waals surface area contributed by atoms with Gasteiger partial charge in [0.25, 0.3) is 0 Å². The minimum Gasteiger partial charge on any atom is -0.295 e. The van der Waals surface area contributed by atoms with Gasteiger partial charge in [0.05, 0.1) is 29.4 Å². The van der Waals surface area contributed by atoms with Gasteiger partial charge in [0, 0.05) is 22.1 Å². The van der Waals surface area contributed by atoms with Crippen molar-refractivity contribution in [2.75, 3.05) is 17.2 Å². The summed E-state index contributed by atoms with van der Waals surface area (Å²) in [6.45, 7) is 2.76. The standard InChI is InChI=1S/C20H20N2O6S2/c1-12(23)14-6-8-19-16(9-14)11-20(22(19)30(4,27)28)17-10-15(13(2)24)5-7-18(17)21-29(3,25)26/h5-11,21H,1-4H3. The maximum atomic E-state index is 12.6. The monoisotopic (exact) mass is 448 g/mol. The summed E-state index contributed by atoms with van der Waals surface area (Å²) in [5, 5.41) is 0.488. The molecule has 0 fully saturated rings.